The molecule has 0 atom stereocenters. The second kappa shape index (κ2) is 6.61. The Kier molecular flexibility index (Phi) is 4.84. The Morgan fingerprint density at radius 1 is 1.39 bits per heavy atom. The van der Waals surface area contributed by atoms with Crippen molar-refractivity contribution in [2.75, 3.05) is 6.54 Å². The molecule has 0 radical (unpaired) electrons. The maximum absolute atomic E-state index is 4.65. The Hall–Kier alpha value is -1.26. The highest BCUT2D eigenvalue weighted by Crippen LogP contribution is 2.14. The SMILES string of the molecule is CC(C)NCCc1csc(Cc2cccnc2)n1. The molecule has 18 heavy (non-hydrogen) atoms. The van der Waals surface area contributed by atoms with Gasteiger partial charge in [0.25, 0.3) is 0 Å². The molecule has 3 nitrogen and oxygen atoms in total. The molecule has 0 aliphatic heterocycles. The molecule has 1 N–H and O–H groups in total. The zero-order valence-corrected chi connectivity index (χ0v) is 11.7. The molecular weight excluding hydrogens is 242 g/mol. The van der Waals surface area contributed by atoms with Crippen LogP contribution in [-0.4, -0.2) is 22.6 Å². The summed E-state index contributed by atoms with van der Waals surface area (Å²) in [5, 5.41) is 6.74. The van der Waals surface area contributed by atoms with Gasteiger partial charge in [0.15, 0.2) is 0 Å². The van der Waals surface area contributed by atoms with Gasteiger partial charge in [-0.05, 0) is 11.6 Å². The highest BCUT2D eigenvalue weighted by atomic mass is 32.1. The first-order chi connectivity index (χ1) is 8.74. The molecule has 0 spiro atoms. The molecule has 0 aromatic carbocycles. The summed E-state index contributed by atoms with van der Waals surface area (Å²) in [6.07, 6.45) is 5.59. The molecule has 4 heteroatoms. The predicted octanol–water partition coefficient (Wildman–Crippen LogP) is 2.67. The largest absolute Gasteiger partial charge is 0.314 e. The van der Waals surface area contributed by atoms with Gasteiger partial charge in [-0.1, -0.05) is 19.9 Å². The number of hydrogen-bond donors (Lipinski definition) is 1. The van der Waals surface area contributed by atoms with Crippen molar-refractivity contribution in [3.8, 4) is 0 Å². The van der Waals surface area contributed by atoms with Crippen LogP contribution in [0.4, 0.5) is 0 Å². The van der Waals surface area contributed by atoms with E-state index in [1.54, 1.807) is 17.5 Å². The van der Waals surface area contributed by atoms with Crippen LogP contribution in [0.2, 0.25) is 0 Å². The van der Waals surface area contributed by atoms with Crippen LogP contribution in [0.5, 0.6) is 0 Å². The number of nitrogens with zero attached hydrogens (tertiary/aromatic N) is 2. The third kappa shape index (κ3) is 4.20. The normalized spacial score (nSPS) is 11.1. The molecule has 2 rings (SSSR count). The molecule has 0 saturated carbocycles. The number of nitrogens with one attached hydrogen (secondary N) is 1. The zero-order chi connectivity index (χ0) is 12.8. The van der Waals surface area contributed by atoms with Gasteiger partial charge >= 0.3 is 0 Å². The van der Waals surface area contributed by atoms with Crippen LogP contribution in [0.1, 0.15) is 30.1 Å². The van der Waals surface area contributed by atoms with E-state index in [1.807, 2.05) is 12.3 Å². The molecule has 0 bridgehead atoms. The first-order valence-electron chi connectivity index (χ1n) is 6.29. The van der Waals surface area contributed by atoms with Crippen molar-refractivity contribution in [1.82, 2.24) is 15.3 Å². The lowest BCUT2D eigenvalue weighted by atomic mass is 10.2. The van der Waals surface area contributed by atoms with Crippen LogP contribution in [0.25, 0.3) is 0 Å². The fraction of sp³-hybridized carbons (Fsp3) is 0.429. The van der Waals surface area contributed by atoms with E-state index in [-0.39, 0.29) is 0 Å². The van der Waals surface area contributed by atoms with Crippen molar-refractivity contribution in [1.29, 1.82) is 0 Å². The number of thiazole rings is 1. The lowest BCUT2D eigenvalue weighted by Crippen LogP contribution is -2.25. The molecule has 0 unspecified atom stereocenters. The molecule has 0 aliphatic rings. The molecule has 0 amide bonds. The molecule has 2 aromatic rings. The highest BCUT2D eigenvalue weighted by Gasteiger charge is 2.03. The van der Waals surface area contributed by atoms with Crippen molar-refractivity contribution in [3.05, 3.63) is 46.2 Å². The van der Waals surface area contributed by atoms with Gasteiger partial charge in [-0.25, -0.2) is 4.98 Å². The number of hydrogen-bond acceptors (Lipinski definition) is 4. The van der Waals surface area contributed by atoms with Crippen molar-refractivity contribution >= 4 is 11.3 Å². The molecule has 0 aliphatic carbocycles. The standard InChI is InChI=1S/C14H19N3S/c1-11(2)16-7-5-13-10-18-14(17-13)8-12-4-3-6-15-9-12/h3-4,6,9-11,16H,5,7-8H2,1-2H3. The number of aromatic nitrogens is 2. The topological polar surface area (TPSA) is 37.8 Å². The Morgan fingerprint density at radius 3 is 3.00 bits per heavy atom. The molecule has 2 heterocycles. The minimum Gasteiger partial charge on any atom is -0.314 e. The molecule has 96 valence electrons. The molecule has 0 fully saturated rings. The first-order valence-corrected chi connectivity index (χ1v) is 7.17. The average Bonchev–Trinajstić information content (AvgIpc) is 2.78. The Bertz CT molecular complexity index is 465. The predicted molar refractivity (Wildman–Crippen MR) is 76.0 cm³/mol. The summed E-state index contributed by atoms with van der Waals surface area (Å²) in [5.41, 5.74) is 2.41. The van der Waals surface area contributed by atoms with E-state index < -0.39 is 0 Å². The summed E-state index contributed by atoms with van der Waals surface area (Å²) < 4.78 is 0. The first kappa shape index (κ1) is 13.2. The highest BCUT2D eigenvalue weighted by molar-refractivity contribution is 7.09. The van der Waals surface area contributed by atoms with Crippen LogP contribution < -0.4 is 5.32 Å². The maximum Gasteiger partial charge on any atom is 0.0972 e. The van der Waals surface area contributed by atoms with Gasteiger partial charge in [0.05, 0.1) is 10.7 Å². The monoisotopic (exact) mass is 261 g/mol. The van der Waals surface area contributed by atoms with Crippen molar-refractivity contribution in [2.45, 2.75) is 32.7 Å². The minimum atomic E-state index is 0.540. The third-order valence-electron chi connectivity index (χ3n) is 2.61. The fourth-order valence-electron chi connectivity index (χ4n) is 1.71. The van der Waals surface area contributed by atoms with Gasteiger partial charge in [0.2, 0.25) is 0 Å². The van der Waals surface area contributed by atoms with E-state index >= 15 is 0 Å². The number of rotatable bonds is 6. The van der Waals surface area contributed by atoms with Crippen molar-refractivity contribution < 1.29 is 0 Å². The van der Waals surface area contributed by atoms with Crippen molar-refractivity contribution in [3.63, 3.8) is 0 Å². The van der Waals surface area contributed by atoms with E-state index in [2.05, 4.69) is 40.6 Å². The van der Waals surface area contributed by atoms with E-state index in [1.165, 1.54) is 16.3 Å². The van der Waals surface area contributed by atoms with E-state index in [0.717, 1.165) is 19.4 Å². The van der Waals surface area contributed by atoms with Crippen LogP contribution in [0.15, 0.2) is 29.9 Å². The summed E-state index contributed by atoms with van der Waals surface area (Å²) in [5.74, 6) is 0. The van der Waals surface area contributed by atoms with E-state index in [4.69, 9.17) is 0 Å². The van der Waals surface area contributed by atoms with Gasteiger partial charge in [-0.15, -0.1) is 11.3 Å². The van der Waals surface area contributed by atoms with Crippen LogP contribution in [-0.2, 0) is 12.8 Å². The summed E-state index contributed by atoms with van der Waals surface area (Å²) >= 11 is 1.74. The quantitative estimate of drug-likeness (QED) is 0.868. The average molecular weight is 261 g/mol. The summed E-state index contributed by atoms with van der Waals surface area (Å²) in [7, 11) is 0. The second-order valence-corrected chi connectivity index (χ2v) is 5.57. The van der Waals surface area contributed by atoms with Gasteiger partial charge in [-0.3, -0.25) is 4.98 Å². The summed E-state index contributed by atoms with van der Waals surface area (Å²) in [6.45, 7) is 5.32. The van der Waals surface area contributed by atoms with E-state index in [0.29, 0.717) is 6.04 Å². The summed E-state index contributed by atoms with van der Waals surface area (Å²) in [4.78, 5) is 8.78. The van der Waals surface area contributed by atoms with Gasteiger partial charge in [-0.2, -0.15) is 0 Å². The molecular formula is C14H19N3S. The maximum atomic E-state index is 4.65. The molecule has 2 aromatic heterocycles. The van der Waals surface area contributed by atoms with Crippen LogP contribution in [0.3, 0.4) is 0 Å². The number of pyridine rings is 1. The Labute approximate surface area is 112 Å². The van der Waals surface area contributed by atoms with Gasteiger partial charge < -0.3 is 5.32 Å². The third-order valence-corrected chi connectivity index (χ3v) is 3.51. The minimum absolute atomic E-state index is 0.540. The second-order valence-electron chi connectivity index (χ2n) is 4.63. The Morgan fingerprint density at radius 2 is 2.28 bits per heavy atom. The van der Waals surface area contributed by atoms with E-state index in [9.17, 15) is 0 Å². The molecule has 0 saturated heterocycles. The van der Waals surface area contributed by atoms with Gasteiger partial charge in [0.1, 0.15) is 0 Å². The zero-order valence-electron chi connectivity index (χ0n) is 10.9. The van der Waals surface area contributed by atoms with Crippen molar-refractivity contribution in [2.24, 2.45) is 0 Å². The fourth-order valence-corrected chi connectivity index (χ4v) is 2.57. The summed E-state index contributed by atoms with van der Waals surface area (Å²) in [6, 6.07) is 4.60. The van der Waals surface area contributed by atoms with Crippen LogP contribution in [0, 0.1) is 0 Å². The smallest absolute Gasteiger partial charge is 0.0972 e. The Balaban J connectivity index is 1.86. The van der Waals surface area contributed by atoms with Gasteiger partial charge in [0, 0.05) is 43.2 Å². The lowest BCUT2D eigenvalue weighted by molar-refractivity contribution is 0.587. The van der Waals surface area contributed by atoms with Crippen LogP contribution >= 0.6 is 11.3 Å². The lowest BCUT2D eigenvalue weighted by Gasteiger charge is -2.05.